The molecule has 1 aliphatic carbocycles. The van der Waals surface area contributed by atoms with Crippen LogP contribution in [0.4, 0.5) is 0 Å². The molecule has 1 saturated heterocycles. The maximum absolute atomic E-state index is 10.7. The van der Waals surface area contributed by atoms with Crippen molar-refractivity contribution in [3.05, 3.63) is 0 Å². The van der Waals surface area contributed by atoms with Gasteiger partial charge < -0.3 is 15.3 Å². The Labute approximate surface area is 118 Å². The maximum atomic E-state index is 10.7. The fourth-order valence-corrected chi connectivity index (χ4v) is 3.78. The van der Waals surface area contributed by atoms with Crippen LogP contribution in [-0.2, 0) is 0 Å². The third kappa shape index (κ3) is 5.05. The Morgan fingerprint density at radius 3 is 2.63 bits per heavy atom. The summed E-state index contributed by atoms with van der Waals surface area (Å²) in [7, 11) is 0. The Kier molecular flexibility index (Phi) is 6.11. The predicted octanol–water partition coefficient (Wildman–Crippen LogP) is 2.39. The van der Waals surface area contributed by atoms with Gasteiger partial charge in [0, 0.05) is 13.1 Å². The predicted molar refractivity (Wildman–Crippen MR) is 80.4 cm³/mol. The van der Waals surface area contributed by atoms with Crippen molar-refractivity contribution in [2.75, 3.05) is 32.7 Å². The van der Waals surface area contributed by atoms with Crippen LogP contribution in [0.2, 0.25) is 0 Å². The van der Waals surface area contributed by atoms with Gasteiger partial charge >= 0.3 is 0 Å². The zero-order valence-corrected chi connectivity index (χ0v) is 12.7. The summed E-state index contributed by atoms with van der Waals surface area (Å²) in [6.07, 6.45) is 9.61. The molecule has 1 saturated carbocycles. The average molecular weight is 268 g/mol. The number of rotatable bonds is 6. The Morgan fingerprint density at radius 1 is 1.21 bits per heavy atom. The molecular formula is C16H32N2O. The van der Waals surface area contributed by atoms with E-state index in [-0.39, 0.29) is 0 Å². The highest BCUT2D eigenvalue weighted by Crippen LogP contribution is 2.29. The molecule has 112 valence electrons. The lowest BCUT2D eigenvalue weighted by atomic mass is 9.84. The van der Waals surface area contributed by atoms with Gasteiger partial charge in [-0.15, -0.1) is 0 Å². The van der Waals surface area contributed by atoms with E-state index in [4.69, 9.17) is 0 Å². The van der Waals surface area contributed by atoms with Crippen molar-refractivity contribution in [1.29, 1.82) is 0 Å². The lowest BCUT2D eigenvalue weighted by molar-refractivity contribution is -0.0297. The fraction of sp³-hybridized carbons (Fsp3) is 1.00. The van der Waals surface area contributed by atoms with Gasteiger partial charge in [0.15, 0.2) is 0 Å². The van der Waals surface area contributed by atoms with Crippen LogP contribution < -0.4 is 5.32 Å². The van der Waals surface area contributed by atoms with Crippen molar-refractivity contribution in [1.82, 2.24) is 10.2 Å². The van der Waals surface area contributed by atoms with Gasteiger partial charge in [-0.25, -0.2) is 0 Å². The smallest absolute Gasteiger partial charge is 0.0774 e. The summed E-state index contributed by atoms with van der Waals surface area (Å²) >= 11 is 0. The summed E-state index contributed by atoms with van der Waals surface area (Å²) in [6, 6.07) is 0. The normalized spacial score (nSPS) is 27.6. The van der Waals surface area contributed by atoms with Crippen LogP contribution in [-0.4, -0.2) is 48.3 Å². The van der Waals surface area contributed by atoms with Crippen molar-refractivity contribution in [3.8, 4) is 0 Å². The molecule has 0 aromatic carbocycles. The third-order valence-corrected chi connectivity index (χ3v) is 4.76. The van der Waals surface area contributed by atoms with E-state index in [1.165, 1.54) is 58.2 Å². The van der Waals surface area contributed by atoms with Gasteiger partial charge in [-0.2, -0.15) is 0 Å². The number of hydrogen-bond donors (Lipinski definition) is 2. The lowest BCUT2D eigenvalue weighted by Crippen LogP contribution is -2.47. The second kappa shape index (κ2) is 7.61. The molecule has 0 aromatic rings. The first-order valence-corrected chi connectivity index (χ1v) is 8.37. The SMILES string of the molecule is CCCN(CC1CCCNC1)CC1(O)CCCCC1. The zero-order valence-electron chi connectivity index (χ0n) is 12.7. The minimum Gasteiger partial charge on any atom is -0.389 e. The van der Waals surface area contributed by atoms with Crippen molar-refractivity contribution in [2.24, 2.45) is 5.92 Å². The highest BCUT2D eigenvalue weighted by molar-refractivity contribution is 4.86. The lowest BCUT2D eigenvalue weighted by Gasteiger charge is -2.38. The van der Waals surface area contributed by atoms with E-state index in [2.05, 4.69) is 17.1 Å². The molecule has 0 aromatic heterocycles. The maximum Gasteiger partial charge on any atom is 0.0774 e. The fourth-order valence-electron chi connectivity index (χ4n) is 3.78. The van der Waals surface area contributed by atoms with Gasteiger partial charge in [0.05, 0.1) is 5.60 Å². The van der Waals surface area contributed by atoms with E-state index in [1.807, 2.05) is 0 Å². The first-order valence-electron chi connectivity index (χ1n) is 8.37. The molecule has 3 nitrogen and oxygen atoms in total. The summed E-state index contributed by atoms with van der Waals surface area (Å²) in [6.45, 7) is 7.81. The monoisotopic (exact) mass is 268 g/mol. The molecule has 1 unspecified atom stereocenters. The van der Waals surface area contributed by atoms with Gasteiger partial charge in [0.1, 0.15) is 0 Å². The molecule has 19 heavy (non-hydrogen) atoms. The second-order valence-electron chi connectivity index (χ2n) is 6.73. The molecule has 0 radical (unpaired) electrons. The van der Waals surface area contributed by atoms with Crippen molar-refractivity contribution >= 4 is 0 Å². The second-order valence-corrected chi connectivity index (χ2v) is 6.73. The molecule has 1 atom stereocenters. The summed E-state index contributed by atoms with van der Waals surface area (Å²) in [5.74, 6) is 0.785. The average Bonchev–Trinajstić information content (AvgIpc) is 2.40. The largest absolute Gasteiger partial charge is 0.389 e. The van der Waals surface area contributed by atoms with E-state index in [1.54, 1.807) is 0 Å². The van der Waals surface area contributed by atoms with Crippen LogP contribution in [0.15, 0.2) is 0 Å². The van der Waals surface area contributed by atoms with Gasteiger partial charge in [0.25, 0.3) is 0 Å². The molecule has 2 fully saturated rings. The first-order chi connectivity index (χ1) is 9.22. The summed E-state index contributed by atoms with van der Waals surface area (Å²) in [5.41, 5.74) is -0.393. The highest BCUT2D eigenvalue weighted by atomic mass is 16.3. The van der Waals surface area contributed by atoms with Crippen LogP contribution >= 0.6 is 0 Å². The molecule has 2 aliphatic rings. The number of nitrogens with zero attached hydrogens (tertiary/aromatic N) is 1. The molecule has 0 bridgehead atoms. The number of piperidine rings is 1. The van der Waals surface area contributed by atoms with E-state index in [0.717, 1.165) is 31.8 Å². The standard InChI is InChI=1S/C16H32N2O/c1-2-11-18(13-15-7-6-10-17-12-15)14-16(19)8-4-3-5-9-16/h15,17,19H,2-14H2,1H3. The van der Waals surface area contributed by atoms with Crippen molar-refractivity contribution in [2.45, 2.75) is 63.9 Å². The van der Waals surface area contributed by atoms with E-state index < -0.39 is 5.60 Å². The number of nitrogens with one attached hydrogen (secondary N) is 1. The minimum atomic E-state index is -0.393. The van der Waals surface area contributed by atoms with Crippen LogP contribution in [0.1, 0.15) is 58.3 Å². The van der Waals surface area contributed by atoms with Gasteiger partial charge in [-0.3, -0.25) is 0 Å². The zero-order chi connectivity index (χ0) is 13.6. The van der Waals surface area contributed by atoms with Crippen LogP contribution in [0.3, 0.4) is 0 Å². The molecule has 3 heteroatoms. The van der Waals surface area contributed by atoms with Gasteiger partial charge in [0.2, 0.25) is 0 Å². The highest BCUT2D eigenvalue weighted by Gasteiger charge is 2.31. The minimum absolute atomic E-state index is 0.393. The van der Waals surface area contributed by atoms with Gasteiger partial charge in [-0.05, 0) is 57.7 Å². The van der Waals surface area contributed by atoms with Crippen LogP contribution in [0.5, 0.6) is 0 Å². The van der Waals surface area contributed by atoms with Crippen LogP contribution in [0, 0.1) is 5.92 Å². The van der Waals surface area contributed by atoms with E-state index in [0.29, 0.717) is 0 Å². The molecule has 0 spiro atoms. The molecule has 2 N–H and O–H groups in total. The topological polar surface area (TPSA) is 35.5 Å². The van der Waals surface area contributed by atoms with Crippen LogP contribution in [0.25, 0.3) is 0 Å². The molecule has 1 aliphatic heterocycles. The Morgan fingerprint density at radius 2 is 2.00 bits per heavy atom. The summed E-state index contributed by atoms with van der Waals surface area (Å²) in [4.78, 5) is 2.53. The number of aliphatic hydroxyl groups is 1. The van der Waals surface area contributed by atoms with Crippen molar-refractivity contribution in [3.63, 3.8) is 0 Å². The Bertz CT molecular complexity index is 245. The number of hydrogen-bond acceptors (Lipinski definition) is 3. The summed E-state index contributed by atoms with van der Waals surface area (Å²) < 4.78 is 0. The van der Waals surface area contributed by atoms with Crippen molar-refractivity contribution < 1.29 is 5.11 Å². The first kappa shape index (κ1) is 15.3. The van der Waals surface area contributed by atoms with E-state index >= 15 is 0 Å². The summed E-state index contributed by atoms with van der Waals surface area (Å²) in [5, 5.41) is 14.2. The van der Waals surface area contributed by atoms with Gasteiger partial charge in [-0.1, -0.05) is 26.2 Å². The molecule has 2 rings (SSSR count). The molecular weight excluding hydrogens is 236 g/mol. The molecule has 0 amide bonds. The quantitative estimate of drug-likeness (QED) is 0.776. The Hall–Kier alpha value is -0.120. The van der Waals surface area contributed by atoms with E-state index in [9.17, 15) is 5.11 Å². The third-order valence-electron chi connectivity index (χ3n) is 4.76. The Balaban J connectivity index is 1.83. The molecule has 1 heterocycles.